The SMILES string of the molecule is CCCc1nnc(C(=O)Nc2cccc(C(=O)NCCN(C)C)c2)s1. The van der Waals surface area contributed by atoms with Gasteiger partial charge < -0.3 is 15.5 Å². The van der Waals surface area contributed by atoms with Crippen molar-refractivity contribution in [2.75, 3.05) is 32.5 Å². The second-order valence-corrected chi connectivity index (χ2v) is 6.91. The van der Waals surface area contributed by atoms with Gasteiger partial charge in [-0.3, -0.25) is 9.59 Å². The molecule has 7 nitrogen and oxygen atoms in total. The number of hydrogen-bond acceptors (Lipinski definition) is 6. The highest BCUT2D eigenvalue weighted by molar-refractivity contribution is 7.13. The average Bonchev–Trinajstić information content (AvgIpc) is 3.04. The van der Waals surface area contributed by atoms with E-state index in [1.54, 1.807) is 24.3 Å². The first kappa shape index (κ1) is 19.0. The maximum absolute atomic E-state index is 12.3. The molecule has 8 heteroatoms. The van der Waals surface area contributed by atoms with Crippen LogP contribution in [0.4, 0.5) is 5.69 Å². The third-order valence-corrected chi connectivity index (χ3v) is 4.33. The molecule has 2 amide bonds. The van der Waals surface area contributed by atoms with E-state index >= 15 is 0 Å². The van der Waals surface area contributed by atoms with Gasteiger partial charge in [0.2, 0.25) is 5.01 Å². The molecule has 134 valence electrons. The lowest BCUT2D eigenvalue weighted by molar-refractivity contribution is 0.0949. The third-order valence-electron chi connectivity index (χ3n) is 3.35. The summed E-state index contributed by atoms with van der Waals surface area (Å²) in [4.78, 5) is 26.4. The molecule has 2 aromatic rings. The van der Waals surface area contributed by atoms with E-state index in [0.717, 1.165) is 24.4 Å². The highest BCUT2D eigenvalue weighted by atomic mass is 32.1. The molecule has 1 aromatic heterocycles. The van der Waals surface area contributed by atoms with Crippen LogP contribution >= 0.6 is 11.3 Å². The van der Waals surface area contributed by atoms with Crippen molar-refractivity contribution in [3.8, 4) is 0 Å². The largest absolute Gasteiger partial charge is 0.351 e. The fraction of sp³-hybridized carbons (Fsp3) is 0.412. The summed E-state index contributed by atoms with van der Waals surface area (Å²) in [5, 5.41) is 14.7. The van der Waals surface area contributed by atoms with E-state index in [4.69, 9.17) is 0 Å². The second kappa shape index (κ2) is 9.24. The lowest BCUT2D eigenvalue weighted by Crippen LogP contribution is -2.31. The van der Waals surface area contributed by atoms with Crippen molar-refractivity contribution in [3.05, 3.63) is 39.8 Å². The normalized spacial score (nSPS) is 10.7. The van der Waals surface area contributed by atoms with E-state index < -0.39 is 0 Å². The molecular formula is C17H23N5O2S. The first-order valence-corrected chi connectivity index (χ1v) is 8.98. The van der Waals surface area contributed by atoms with Gasteiger partial charge in [-0.15, -0.1) is 10.2 Å². The van der Waals surface area contributed by atoms with Crippen LogP contribution in [-0.2, 0) is 6.42 Å². The fourth-order valence-corrected chi connectivity index (χ4v) is 2.91. The number of carbonyl (C=O) groups is 2. The topological polar surface area (TPSA) is 87.2 Å². The van der Waals surface area contributed by atoms with E-state index in [1.807, 2.05) is 19.0 Å². The Balaban J connectivity index is 1.98. The summed E-state index contributed by atoms with van der Waals surface area (Å²) in [7, 11) is 3.89. The maximum atomic E-state index is 12.3. The first-order chi connectivity index (χ1) is 12.0. The third kappa shape index (κ3) is 5.91. The molecule has 0 fully saturated rings. The van der Waals surface area contributed by atoms with E-state index in [9.17, 15) is 9.59 Å². The number of nitrogens with one attached hydrogen (secondary N) is 2. The number of hydrogen-bond donors (Lipinski definition) is 2. The molecule has 0 radical (unpaired) electrons. The summed E-state index contributed by atoms with van der Waals surface area (Å²) in [5.74, 6) is -0.482. The van der Waals surface area contributed by atoms with E-state index in [0.29, 0.717) is 22.8 Å². The Morgan fingerprint density at radius 2 is 2.00 bits per heavy atom. The van der Waals surface area contributed by atoms with Crippen molar-refractivity contribution < 1.29 is 9.59 Å². The molecule has 1 heterocycles. The smallest absolute Gasteiger partial charge is 0.286 e. The minimum atomic E-state index is -0.315. The van der Waals surface area contributed by atoms with E-state index in [2.05, 4.69) is 27.8 Å². The van der Waals surface area contributed by atoms with Crippen LogP contribution in [-0.4, -0.2) is 54.1 Å². The van der Waals surface area contributed by atoms with Crippen molar-refractivity contribution in [1.82, 2.24) is 20.4 Å². The predicted octanol–water partition coefficient (Wildman–Crippen LogP) is 2.03. The molecule has 0 aliphatic carbocycles. The Morgan fingerprint density at radius 3 is 2.72 bits per heavy atom. The molecule has 1 aromatic carbocycles. The number of carbonyl (C=O) groups excluding carboxylic acids is 2. The zero-order valence-corrected chi connectivity index (χ0v) is 15.5. The van der Waals surface area contributed by atoms with Gasteiger partial charge in [-0.2, -0.15) is 0 Å². The maximum Gasteiger partial charge on any atom is 0.286 e. The number of amides is 2. The minimum absolute atomic E-state index is 0.168. The molecule has 0 atom stereocenters. The summed E-state index contributed by atoms with van der Waals surface area (Å²) in [5.41, 5.74) is 1.05. The predicted molar refractivity (Wildman–Crippen MR) is 99.2 cm³/mol. The number of likely N-dealkylation sites (N-methyl/N-ethyl adjacent to an activating group) is 1. The molecule has 0 aliphatic heterocycles. The van der Waals surface area contributed by atoms with Crippen LogP contribution in [0, 0.1) is 0 Å². The van der Waals surface area contributed by atoms with Gasteiger partial charge in [0.05, 0.1) is 0 Å². The quantitative estimate of drug-likeness (QED) is 0.751. The van der Waals surface area contributed by atoms with Crippen molar-refractivity contribution in [2.24, 2.45) is 0 Å². The summed E-state index contributed by atoms with van der Waals surface area (Å²) in [6.07, 6.45) is 1.77. The van der Waals surface area contributed by atoms with Crippen LogP contribution in [0.15, 0.2) is 24.3 Å². The van der Waals surface area contributed by atoms with Crippen LogP contribution in [0.3, 0.4) is 0 Å². The zero-order chi connectivity index (χ0) is 18.2. The summed E-state index contributed by atoms with van der Waals surface area (Å²) in [6.45, 7) is 3.38. The lowest BCUT2D eigenvalue weighted by Gasteiger charge is -2.11. The first-order valence-electron chi connectivity index (χ1n) is 8.16. The Hall–Kier alpha value is -2.32. The number of nitrogens with zero attached hydrogens (tertiary/aromatic N) is 3. The standard InChI is InChI=1S/C17H23N5O2S/c1-4-6-14-20-21-17(25-14)16(24)19-13-8-5-7-12(11-13)15(23)18-9-10-22(2)3/h5,7-8,11H,4,6,9-10H2,1-3H3,(H,18,23)(H,19,24). The highest BCUT2D eigenvalue weighted by Gasteiger charge is 2.13. The van der Waals surface area contributed by atoms with Gasteiger partial charge in [0, 0.05) is 30.8 Å². The van der Waals surface area contributed by atoms with Gasteiger partial charge in [0.15, 0.2) is 0 Å². The molecular weight excluding hydrogens is 338 g/mol. The summed E-state index contributed by atoms with van der Waals surface area (Å²) in [6, 6.07) is 6.84. The Bertz CT molecular complexity index is 729. The average molecular weight is 361 g/mol. The lowest BCUT2D eigenvalue weighted by atomic mass is 10.2. The second-order valence-electron chi connectivity index (χ2n) is 5.85. The summed E-state index contributed by atoms with van der Waals surface area (Å²) < 4.78 is 0. The molecule has 25 heavy (non-hydrogen) atoms. The Kier molecular flexibility index (Phi) is 7.03. The Labute approximate surface area is 151 Å². The van der Waals surface area contributed by atoms with E-state index in [1.165, 1.54) is 11.3 Å². The van der Waals surface area contributed by atoms with Gasteiger partial charge in [0.25, 0.3) is 11.8 Å². The van der Waals surface area contributed by atoms with Gasteiger partial charge >= 0.3 is 0 Å². The van der Waals surface area contributed by atoms with Gasteiger partial charge in [-0.1, -0.05) is 24.3 Å². The number of aromatic nitrogens is 2. The zero-order valence-electron chi connectivity index (χ0n) is 14.7. The van der Waals surface area contributed by atoms with Gasteiger partial charge in [-0.05, 0) is 38.7 Å². The molecule has 0 unspecified atom stereocenters. The molecule has 0 aliphatic rings. The number of anilines is 1. The van der Waals surface area contributed by atoms with Crippen LogP contribution < -0.4 is 10.6 Å². The van der Waals surface area contributed by atoms with Crippen LogP contribution in [0.25, 0.3) is 0 Å². The molecule has 0 bridgehead atoms. The number of rotatable bonds is 8. The number of benzene rings is 1. The fourth-order valence-electron chi connectivity index (χ4n) is 2.08. The van der Waals surface area contributed by atoms with Crippen molar-refractivity contribution >= 4 is 28.8 Å². The van der Waals surface area contributed by atoms with Crippen LogP contribution in [0.2, 0.25) is 0 Å². The minimum Gasteiger partial charge on any atom is -0.351 e. The Morgan fingerprint density at radius 1 is 1.20 bits per heavy atom. The van der Waals surface area contributed by atoms with Crippen LogP contribution in [0.5, 0.6) is 0 Å². The summed E-state index contributed by atoms with van der Waals surface area (Å²) >= 11 is 1.29. The van der Waals surface area contributed by atoms with E-state index in [-0.39, 0.29) is 11.8 Å². The molecule has 2 rings (SSSR count). The molecule has 0 saturated carbocycles. The van der Waals surface area contributed by atoms with Crippen molar-refractivity contribution in [2.45, 2.75) is 19.8 Å². The highest BCUT2D eigenvalue weighted by Crippen LogP contribution is 2.15. The van der Waals surface area contributed by atoms with Crippen molar-refractivity contribution in [3.63, 3.8) is 0 Å². The van der Waals surface area contributed by atoms with Crippen molar-refractivity contribution in [1.29, 1.82) is 0 Å². The van der Waals surface area contributed by atoms with Gasteiger partial charge in [0.1, 0.15) is 5.01 Å². The van der Waals surface area contributed by atoms with Crippen LogP contribution in [0.1, 0.15) is 38.5 Å². The number of aryl methyl sites for hydroxylation is 1. The molecule has 2 N–H and O–H groups in total. The molecule has 0 saturated heterocycles. The van der Waals surface area contributed by atoms with Gasteiger partial charge in [-0.25, -0.2) is 0 Å². The molecule has 0 spiro atoms. The monoisotopic (exact) mass is 361 g/mol.